The van der Waals surface area contributed by atoms with Crippen LogP contribution in [-0.2, 0) is 4.74 Å². The Morgan fingerprint density at radius 3 is 2.75 bits per heavy atom. The zero-order valence-corrected chi connectivity index (χ0v) is 12.7. The molecule has 3 rings (SSSR count). The van der Waals surface area contributed by atoms with Crippen LogP contribution in [0.4, 0.5) is 0 Å². The van der Waals surface area contributed by atoms with Crippen molar-refractivity contribution in [1.82, 2.24) is 9.97 Å². The van der Waals surface area contributed by atoms with Gasteiger partial charge in [-0.25, -0.2) is 9.97 Å². The fraction of sp³-hybridized carbons (Fsp3) is 0.333. The minimum Gasteiger partial charge on any atom is -0.377 e. The topological polar surface area (TPSA) is 35.0 Å². The molecule has 0 amide bonds. The Labute approximate surface area is 127 Å². The third-order valence-electron chi connectivity index (χ3n) is 3.28. The minimum absolute atomic E-state index is 0.258. The van der Waals surface area contributed by atoms with E-state index in [1.807, 2.05) is 36.4 Å². The number of halogens is 1. The molecule has 2 unspecified atom stereocenters. The van der Waals surface area contributed by atoms with Crippen LogP contribution in [0.2, 0.25) is 5.15 Å². The second-order valence-corrected chi connectivity index (χ2v) is 6.39. The van der Waals surface area contributed by atoms with Gasteiger partial charge in [-0.1, -0.05) is 41.9 Å². The first kappa shape index (κ1) is 13.9. The Balaban J connectivity index is 1.87. The monoisotopic (exact) mass is 306 g/mol. The molecule has 0 saturated carbocycles. The van der Waals surface area contributed by atoms with Gasteiger partial charge in [-0.3, -0.25) is 0 Å². The van der Waals surface area contributed by atoms with Gasteiger partial charge >= 0.3 is 0 Å². The summed E-state index contributed by atoms with van der Waals surface area (Å²) in [5.74, 6) is 0.673. The fourth-order valence-electron chi connectivity index (χ4n) is 2.20. The average Bonchev–Trinajstić information content (AvgIpc) is 2.85. The van der Waals surface area contributed by atoms with Gasteiger partial charge in [0.2, 0.25) is 0 Å². The van der Waals surface area contributed by atoms with E-state index < -0.39 is 0 Å². The number of nitrogens with zero attached hydrogens (tertiary/aromatic N) is 2. The highest BCUT2D eigenvalue weighted by Gasteiger charge is 2.26. The van der Waals surface area contributed by atoms with Gasteiger partial charge in [0.25, 0.3) is 0 Å². The Bertz CT molecular complexity index is 594. The Morgan fingerprint density at radius 1 is 1.25 bits per heavy atom. The van der Waals surface area contributed by atoms with E-state index >= 15 is 0 Å². The van der Waals surface area contributed by atoms with Gasteiger partial charge in [0.1, 0.15) is 10.2 Å². The van der Waals surface area contributed by atoms with Crippen LogP contribution < -0.4 is 0 Å². The van der Waals surface area contributed by atoms with Gasteiger partial charge in [-0.15, -0.1) is 11.8 Å². The first-order chi connectivity index (χ1) is 9.72. The number of aromatic nitrogens is 2. The highest BCUT2D eigenvalue weighted by molar-refractivity contribution is 7.99. The molecule has 1 fully saturated rings. The van der Waals surface area contributed by atoms with Crippen LogP contribution in [0.25, 0.3) is 11.4 Å². The zero-order chi connectivity index (χ0) is 13.9. The van der Waals surface area contributed by atoms with Crippen molar-refractivity contribution in [3.8, 4) is 11.4 Å². The van der Waals surface area contributed by atoms with E-state index in [0.29, 0.717) is 16.2 Å². The first-order valence-electron chi connectivity index (χ1n) is 6.60. The predicted molar refractivity (Wildman–Crippen MR) is 82.2 cm³/mol. The summed E-state index contributed by atoms with van der Waals surface area (Å²) in [7, 11) is 0. The largest absolute Gasteiger partial charge is 0.377 e. The van der Waals surface area contributed by atoms with Crippen molar-refractivity contribution >= 4 is 23.4 Å². The van der Waals surface area contributed by atoms with E-state index in [2.05, 4.69) is 16.9 Å². The van der Waals surface area contributed by atoms with Crippen LogP contribution in [0.5, 0.6) is 0 Å². The normalized spacial score (nSPS) is 22.1. The van der Waals surface area contributed by atoms with Crippen LogP contribution in [0.15, 0.2) is 41.4 Å². The summed E-state index contributed by atoms with van der Waals surface area (Å²) >= 11 is 7.85. The molecule has 2 heterocycles. The van der Waals surface area contributed by atoms with E-state index in [-0.39, 0.29) is 6.10 Å². The maximum atomic E-state index is 6.13. The number of hydrogen-bond acceptors (Lipinski definition) is 4. The zero-order valence-electron chi connectivity index (χ0n) is 11.1. The van der Waals surface area contributed by atoms with Crippen LogP contribution in [0, 0.1) is 0 Å². The van der Waals surface area contributed by atoms with E-state index in [9.17, 15) is 0 Å². The fourth-order valence-corrected chi connectivity index (χ4v) is 3.56. The third kappa shape index (κ3) is 3.14. The molecule has 1 saturated heterocycles. The van der Waals surface area contributed by atoms with Gasteiger partial charge in [-0.05, 0) is 13.3 Å². The second kappa shape index (κ2) is 6.12. The molecule has 104 valence electrons. The third-order valence-corrected chi connectivity index (χ3v) is 4.85. The average molecular weight is 307 g/mol. The van der Waals surface area contributed by atoms with E-state index in [1.165, 1.54) is 0 Å². The predicted octanol–water partition coefficient (Wildman–Crippen LogP) is 4.07. The lowest BCUT2D eigenvalue weighted by atomic mass is 10.2. The molecular weight excluding hydrogens is 292 g/mol. The highest BCUT2D eigenvalue weighted by Crippen LogP contribution is 2.33. The Hall–Kier alpha value is -1.10. The number of benzene rings is 1. The molecule has 0 N–H and O–H groups in total. The van der Waals surface area contributed by atoms with E-state index in [4.69, 9.17) is 16.3 Å². The Kier molecular flexibility index (Phi) is 4.24. The first-order valence-corrected chi connectivity index (χ1v) is 7.86. The number of rotatable bonds is 3. The van der Waals surface area contributed by atoms with Gasteiger partial charge in [0.05, 0.1) is 6.10 Å². The maximum absolute atomic E-state index is 6.13. The summed E-state index contributed by atoms with van der Waals surface area (Å²) in [6, 6.07) is 11.7. The molecule has 1 aliphatic heterocycles. The number of hydrogen-bond donors (Lipinski definition) is 0. The lowest BCUT2D eigenvalue weighted by Gasteiger charge is -2.13. The molecule has 1 aromatic heterocycles. The van der Waals surface area contributed by atoms with Crippen molar-refractivity contribution in [2.45, 2.75) is 29.7 Å². The quantitative estimate of drug-likeness (QED) is 0.801. The molecule has 2 aromatic rings. The summed E-state index contributed by atoms with van der Waals surface area (Å²) in [5.41, 5.74) is 0.979. The summed E-state index contributed by atoms with van der Waals surface area (Å²) in [6.45, 7) is 2.93. The molecule has 3 nitrogen and oxygen atoms in total. The SMILES string of the molecule is CC1OCCC1Sc1cc(Cl)nc(-c2ccccc2)n1. The molecule has 2 atom stereocenters. The summed E-state index contributed by atoms with van der Waals surface area (Å²) < 4.78 is 5.59. The summed E-state index contributed by atoms with van der Waals surface area (Å²) in [6.07, 6.45) is 1.31. The van der Waals surface area contributed by atoms with Crippen LogP contribution >= 0.6 is 23.4 Å². The van der Waals surface area contributed by atoms with Crippen molar-refractivity contribution in [2.75, 3.05) is 6.61 Å². The maximum Gasteiger partial charge on any atom is 0.162 e. The van der Waals surface area contributed by atoms with Crippen molar-refractivity contribution in [1.29, 1.82) is 0 Å². The summed E-state index contributed by atoms with van der Waals surface area (Å²) in [5, 5.41) is 1.82. The lowest BCUT2D eigenvalue weighted by Crippen LogP contribution is -2.13. The molecule has 1 aromatic carbocycles. The van der Waals surface area contributed by atoms with Gasteiger partial charge < -0.3 is 4.74 Å². The molecule has 0 spiro atoms. The van der Waals surface area contributed by atoms with Crippen molar-refractivity contribution in [2.24, 2.45) is 0 Å². The van der Waals surface area contributed by atoms with Crippen LogP contribution in [0.1, 0.15) is 13.3 Å². The Morgan fingerprint density at radius 2 is 2.05 bits per heavy atom. The van der Waals surface area contributed by atoms with Gasteiger partial charge in [-0.2, -0.15) is 0 Å². The van der Waals surface area contributed by atoms with Crippen molar-refractivity contribution < 1.29 is 4.74 Å². The molecule has 0 aliphatic carbocycles. The molecule has 1 aliphatic rings. The number of thioether (sulfide) groups is 1. The second-order valence-electron chi connectivity index (χ2n) is 4.74. The smallest absolute Gasteiger partial charge is 0.162 e. The molecule has 5 heteroatoms. The minimum atomic E-state index is 0.258. The van der Waals surface area contributed by atoms with Crippen LogP contribution in [0.3, 0.4) is 0 Å². The van der Waals surface area contributed by atoms with E-state index in [0.717, 1.165) is 23.6 Å². The number of ether oxygens (including phenoxy) is 1. The van der Waals surface area contributed by atoms with Crippen molar-refractivity contribution in [3.05, 3.63) is 41.6 Å². The standard InChI is InChI=1S/C15H15ClN2OS/c1-10-12(7-8-19-10)20-14-9-13(16)17-15(18-14)11-5-3-2-4-6-11/h2-6,9-10,12H,7-8H2,1H3. The van der Waals surface area contributed by atoms with Crippen molar-refractivity contribution in [3.63, 3.8) is 0 Å². The molecule has 20 heavy (non-hydrogen) atoms. The highest BCUT2D eigenvalue weighted by atomic mass is 35.5. The molecule has 0 radical (unpaired) electrons. The van der Waals surface area contributed by atoms with E-state index in [1.54, 1.807) is 11.8 Å². The molecule has 0 bridgehead atoms. The van der Waals surface area contributed by atoms with Crippen LogP contribution in [-0.4, -0.2) is 27.9 Å². The summed E-state index contributed by atoms with van der Waals surface area (Å²) in [4.78, 5) is 8.92. The lowest BCUT2D eigenvalue weighted by molar-refractivity contribution is 0.127. The van der Waals surface area contributed by atoms with Gasteiger partial charge in [0, 0.05) is 23.5 Å². The van der Waals surface area contributed by atoms with Gasteiger partial charge in [0.15, 0.2) is 5.82 Å². The molecular formula is C15H15ClN2OS.